The summed E-state index contributed by atoms with van der Waals surface area (Å²) < 4.78 is 0. The predicted molar refractivity (Wildman–Crippen MR) is 94.7 cm³/mol. The van der Waals surface area contributed by atoms with Gasteiger partial charge < -0.3 is 15.3 Å². The molecule has 0 spiro atoms. The Morgan fingerprint density at radius 1 is 1.46 bits per heavy atom. The molecule has 0 aliphatic carbocycles. The van der Waals surface area contributed by atoms with E-state index in [9.17, 15) is 9.90 Å². The fraction of sp³-hybridized carbons (Fsp3) is 0.579. The van der Waals surface area contributed by atoms with Crippen LogP contribution in [-0.4, -0.2) is 41.7 Å². The third-order valence-corrected chi connectivity index (χ3v) is 4.44. The van der Waals surface area contributed by atoms with Crippen LogP contribution >= 0.6 is 0 Å². The molecule has 1 heterocycles. The van der Waals surface area contributed by atoms with Crippen LogP contribution in [0.1, 0.15) is 49.9 Å². The number of carbonyl (C=O) groups is 1. The molecule has 1 aliphatic rings. The molecule has 1 saturated heterocycles. The lowest BCUT2D eigenvalue weighted by molar-refractivity contribution is 0.0474. The zero-order valence-electron chi connectivity index (χ0n) is 14.6. The number of anilines is 1. The van der Waals surface area contributed by atoms with Crippen LogP contribution in [0.25, 0.3) is 0 Å². The van der Waals surface area contributed by atoms with E-state index in [1.807, 2.05) is 38.1 Å². The van der Waals surface area contributed by atoms with Crippen molar-refractivity contribution < 1.29 is 9.90 Å². The van der Waals surface area contributed by atoms with E-state index in [-0.39, 0.29) is 11.3 Å². The van der Waals surface area contributed by atoms with Gasteiger partial charge in [-0.05, 0) is 51.7 Å². The molecule has 2 N–H and O–H groups in total. The second kappa shape index (κ2) is 8.16. The van der Waals surface area contributed by atoms with E-state index in [1.165, 1.54) is 0 Å². The quantitative estimate of drug-likeness (QED) is 0.787. The molecular formula is C19H27N3O2. The summed E-state index contributed by atoms with van der Waals surface area (Å²) in [4.78, 5) is 14.5. The molecule has 0 radical (unpaired) electrons. The van der Waals surface area contributed by atoms with E-state index in [2.05, 4.69) is 11.4 Å². The monoisotopic (exact) mass is 329 g/mol. The number of nitrogens with zero attached hydrogens (tertiary/aromatic N) is 2. The summed E-state index contributed by atoms with van der Waals surface area (Å²) in [5.41, 5.74) is 1.14. The number of piperidine rings is 1. The van der Waals surface area contributed by atoms with Crippen molar-refractivity contribution in [2.45, 2.75) is 45.6 Å². The van der Waals surface area contributed by atoms with Gasteiger partial charge in [-0.3, -0.25) is 4.79 Å². The molecule has 1 fully saturated rings. The van der Waals surface area contributed by atoms with Crippen molar-refractivity contribution in [2.24, 2.45) is 5.41 Å². The van der Waals surface area contributed by atoms with Crippen LogP contribution in [-0.2, 0) is 0 Å². The van der Waals surface area contributed by atoms with Gasteiger partial charge in [-0.2, -0.15) is 5.26 Å². The number of hydrogen-bond acceptors (Lipinski definition) is 4. The number of hydrogen-bond donors (Lipinski definition) is 2. The van der Waals surface area contributed by atoms with E-state index in [0.717, 1.165) is 37.9 Å². The average molecular weight is 329 g/mol. The van der Waals surface area contributed by atoms with Crippen molar-refractivity contribution in [3.63, 3.8) is 0 Å². The van der Waals surface area contributed by atoms with Crippen LogP contribution < -0.4 is 5.32 Å². The average Bonchev–Trinajstić information content (AvgIpc) is 2.58. The Balaban J connectivity index is 1.97. The van der Waals surface area contributed by atoms with E-state index in [4.69, 9.17) is 5.26 Å². The minimum atomic E-state index is -0.420. The lowest BCUT2D eigenvalue weighted by atomic mass is 9.90. The van der Waals surface area contributed by atoms with Crippen LogP contribution in [0, 0.1) is 16.7 Å². The standard InChI is InChI=1S/C19H27N3O2/c1-19(2,14-20)10-6-11-21-17-9-4-3-8-16(17)18(24)22-12-5-7-15(23)13-22/h3-4,8-9,15,21,23H,5-7,10-13H2,1-2H3. The van der Waals surface area contributed by atoms with Crippen molar-refractivity contribution in [1.29, 1.82) is 5.26 Å². The number of benzene rings is 1. The van der Waals surface area contributed by atoms with Crippen LogP contribution in [0.4, 0.5) is 5.69 Å². The van der Waals surface area contributed by atoms with Crippen molar-refractivity contribution in [3.05, 3.63) is 29.8 Å². The number of aliphatic hydroxyl groups excluding tert-OH is 1. The third-order valence-electron chi connectivity index (χ3n) is 4.44. The number of carbonyl (C=O) groups excluding carboxylic acids is 1. The molecule has 5 nitrogen and oxygen atoms in total. The van der Waals surface area contributed by atoms with E-state index in [0.29, 0.717) is 18.7 Å². The lowest BCUT2D eigenvalue weighted by Crippen LogP contribution is -2.42. The Morgan fingerprint density at radius 2 is 2.21 bits per heavy atom. The number of nitrogens with one attached hydrogen (secondary N) is 1. The van der Waals surface area contributed by atoms with Gasteiger partial charge in [0.15, 0.2) is 0 Å². The maximum absolute atomic E-state index is 12.7. The highest BCUT2D eigenvalue weighted by Crippen LogP contribution is 2.22. The summed E-state index contributed by atoms with van der Waals surface area (Å²) in [6, 6.07) is 9.80. The third kappa shape index (κ3) is 4.97. The summed E-state index contributed by atoms with van der Waals surface area (Å²) in [5, 5.41) is 22.2. The van der Waals surface area contributed by atoms with Crippen molar-refractivity contribution >= 4 is 11.6 Å². The van der Waals surface area contributed by atoms with E-state index >= 15 is 0 Å². The smallest absolute Gasteiger partial charge is 0.256 e. The van der Waals surface area contributed by atoms with Crippen LogP contribution in [0.3, 0.4) is 0 Å². The van der Waals surface area contributed by atoms with Crippen LogP contribution in [0.5, 0.6) is 0 Å². The van der Waals surface area contributed by atoms with Crippen LogP contribution in [0.2, 0.25) is 0 Å². The first-order valence-corrected chi connectivity index (χ1v) is 8.64. The van der Waals surface area contributed by atoms with Gasteiger partial charge in [0.1, 0.15) is 0 Å². The molecule has 24 heavy (non-hydrogen) atoms. The van der Waals surface area contributed by atoms with Gasteiger partial charge in [-0.15, -0.1) is 0 Å². The number of likely N-dealkylation sites (tertiary alicyclic amines) is 1. The van der Waals surface area contributed by atoms with Gasteiger partial charge >= 0.3 is 0 Å². The zero-order valence-corrected chi connectivity index (χ0v) is 14.6. The molecule has 0 bridgehead atoms. The fourth-order valence-electron chi connectivity index (χ4n) is 2.94. The molecule has 0 saturated carbocycles. The zero-order chi connectivity index (χ0) is 17.6. The maximum atomic E-state index is 12.7. The highest BCUT2D eigenvalue weighted by Gasteiger charge is 2.24. The van der Waals surface area contributed by atoms with Crippen molar-refractivity contribution in [2.75, 3.05) is 25.0 Å². The number of nitriles is 1. The van der Waals surface area contributed by atoms with Gasteiger partial charge in [-0.25, -0.2) is 0 Å². The topological polar surface area (TPSA) is 76.4 Å². The normalized spacial score (nSPS) is 18.1. The first kappa shape index (κ1) is 18.3. The highest BCUT2D eigenvalue weighted by molar-refractivity contribution is 5.99. The Hall–Kier alpha value is -2.06. The number of rotatable bonds is 6. The summed E-state index contributed by atoms with van der Waals surface area (Å²) in [6.45, 7) is 5.69. The molecule has 1 aromatic rings. The Labute approximate surface area is 144 Å². The number of β-amino-alcohol motifs (C(OH)–C–C–N with tert-alkyl or cyclic N) is 1. The fourth-order valence-corrected chi connectivity index (χ4v) is 2.94. The molecule has 1 atom stereocenters. The summed E-state index contributed by atoms with van der Waals surface area (Å²) in [6.07, 6.45) is 2.86. The summed E-state index contributed by atoms with van der Waals surface area (Å²) >= 11 is 0. The molecule has 130 valence electrons. The van der Waals surface area contributed by atoms with Crippen molar-refractivity contribution in [3.8, 4) is 6.07 Å². The Bertz CT molecular complexity index is 607. The molecule has 1 unspecified atom stereocenters. The molecule has 1 amide bonds. The Kier molecular flexibility index (Phi) is 6.22. The minimum Gasteiger partial charge on any atom is -0.391 e. The second-order valence-electron chi connectivity index (χ2n) is 7.12. The molecule has 1 aliphatic heterocycles. The van der Waals surface area contributed by atoms with E-state index < -0.39 is 6.10 Å². The summed E-state index contributed by atoms with van der Waals surface area (Å²) in [7, 11) is 0. The van der Waals surface area contributed by atoms with Gasteiger partial charge in [0, 0.05) is 25.3 Å². The van der Waals surface area contributed by atoms with Gasteiger partial charge in [-0.1, -0.05) is 12.1 Å². The van der Waals surface area contributed by atoms with Gasteiger partial charge in [0.05, 0.1) is 23.2 Å². The molecule has 1 aromatic carbocycles. The second-order valence-corrected chi connectivity index (χ2v) is 7.12. The van der Waals surface area contributed by atoms with Crippen molar-refractivity contribution in [1.82, 2.24) is 4.90 Å². The van der Waals surface area contributed by atoms with Crippen LogP contribution in [0.15, 0.2) is 24.3 Å². The SMILES string of the molecule is CC(C)(C#N)CCCNc1ccccc1C(=O)N1CCCC(O)C1. The first-order chi connectivity index (χ1) is 11.4. The number of para-hydroxylation sites is 1. The largest absolute Gasteiger partial charge is 0.391 e. The minimum absolute atomic E-state index is 0.0331. The molecule has 2 rings (SSSR count). The lowest BCUT2D eigenvalue weighted by Gasteiger charge is -2.30. The first-order valence-electron chi connectivity index (χ1n) is 8.64. The number of aliphatic hydroxyl groups is 1. The molecular weight excluding hydrogens is 302 g/mol. The number of amides is 1. The van der Waals surface area contributed by atoms with E-state index in [1.54, 1.807) is 4.90 Å². The molecule has 0 aromatic heterocycles. The highest BCUT2D eigenvalue weighted by atomic mass is 16.3. The van der Waals surface area contributed by atoms with Gasteiger partial charge in [0.25, 0.3) is 5.91 Å². The summed E-state index contributed by atoms with van der Waals surface area (Å²) in [5.74, 6) is -0.0331. The molecule has 5 heteroatoms. The Morgan fingerprint density at radius 3 is 2.92 bits per heavy atom. The maximum Gasteiger partial charge on any atom is 0.256 e. The predicted octanol–water partition coefficient (Wildman–Crippen LogP) is 3.03. The van der Waals surface area contributed by atoms with Gasteiger partial charge in [0.2, 0.25) is 0 Å².